The molecule has 0 fully saturated rings. The van der Waals surface area contributed by atoms with Crippen LogP contribution in [-0.4, -0.2) is 6.54 Å². The van der Waals surface area contributed by atoms with E-state index in [-0.39, 0.29) is 0 Å². The zero-order chi connectivity index (χ0) is 8.10. The minimum absolute atomic E-state index is 0.731. The van der Waals surface area contributed by atoms with Gasteiger partial charge in [-0.05, 0) is 30.5 Å². The Bertz CT molecular complexity index is 201. The average Bonchev–Trinajstić information content (AvgIpc) is 2.07. The molecule has 11 heavy (non-hydrogen) atoms. The van der Waals surface area contributed by atoms with Crippen molar-refractivity contribution in [3.05, 3.63) is 41.8 Å². The lowest BCUT2D eigenvalue weighted by Gasteiger charge is -1.99. The highest BCUT2D eigenvalue weighted by Gasteiger charge is 1.90. The van der Waals surface area contributed by atoms with Crippen molar-refractivity contribution in [1.29, 1.82) is 0 Å². The Morgan fingerprint density at radius 2 is 1.91 bits per heavy atom. The first-order valence-electron chi connectivity index (χ1n) is 3.95. The van der Waals surface area contributed by atoms with E-state index >= 15 is 0 Å². The Hall–Kier alpha value is -0.820. The quantitative estimate of drug-likeness (QED) is 0.694. The second-order valence-electron chi connectivity index (χ2n) is 2.57. The Morgan fingerprint density at radius 3 is 2.36 bits per heavy atom. The lowest BCUT2D eigenvalue weighted by molar-refractivity contribution is 0.968. The van der Waals surface area contributed by atoms with Gasteiger partial charge in [-0.1, -0.05) is 31.2 Å². The highest BCUT2D eigenvalue weighted by Crippen LogP contribution is 2.05. The molecule has 0 atom stereocenters. The van der Waals surface area contributed by atoms with Crippen molar-refractivity contribution in [2.75, 3.05) is 6.54 Å². The zero-order valence-electron chi connectivity index (χ0n) is 6.88. The van der Waals surface area contributed by atoms with Crippen LogP contribution >= 0.6 is 0 Å². The Kier molecular flexibility index (Phi) is 3.12. The molecule has 0 aromatic heterocycles. The first kappa shape index (κ1) is 8.28. The van der Waals surface area contributed by atoms with E-state index in [0.717, 1.165) is 13.0 Å². The maximum Gasteiger partial charge on any atom is -0.00367 e. The van der Waals surface area contributed by atoms with Crippen LogP contribution in [0.4, 0.5) is 0 Å². The van der Waals surface area contributed by atoms with Crippen molar-refractivity contribution in [2.45, 2.75) is 13.3 Å². The highest BCUT2D eigenvalue weighted by atomic mass is 14.5. The van der Waals surface area contributed by atoms with E-state index in [1.807, 2.05) is 6.92 Å². The maximum absolute atomic E-state index is 5.42. The lowest BCUT2D eigenvalue weighted by atomic mass is 10.1. The van der Waals surface area contributed by atoms with Gasteiger partial charge in [-0.3, -0.25) is 0 Å². The van der Waals surface area contributed by atoms with Crippen LogP contribution in [0.5, 0.6) is 0 Å². The number of nitrogens with two attached hydrogens (primary N) is 1. The molecule has 1 aromatic rings. The summed E-state index contributed by atoms with van der Waals surface area (Å²) < 4.78 is 0. The van der Waals surface area contributed by atoms with Crippen LogP contribution in [0.25, 0.3) is 0 Å². The number of benzene rings is 1. The summed E-state index contributed by atoms with van der Waals surface area (Å²) in [6.07, 6.45) is 3.07. The molecule has 0 heterocycles. The predicted molar refractivity (Wildman–Crippen MR) is 48.3 cm³/mol. The van der Waals surface area contributed by atoms with Crippen LogP contribution in [0.15, 0.2) is 24.3 Å². The van der Waals surface area contributed by atoms with Crippen LogP contribution < -0.4 is 5.73 Å². The van der Waals surface area contributed by atoms with E-state index in [1.54, 1.807) is 0 Å². The molecule has 0 bridgehead atoms. The highest BCUT2D eigenvalue weighted by molar-refractivity contribution is 5.26. The molecule has 1 nitrogen and oxygen atoms in total. The van der Waals surface area contributed by atoms with E-state index in [9.17, 15) is 0 Å². The van der Waals surface area contributed by atoms with E-state index in [2.05, 4.69) is 30.7 Å². The van der Waals surface area contributed by atoms with Gasteiger partial charge < -0.3 is 5.73 Å². The van der Waals surface area contributed by atoms with Crippen LogP contribution in [0.1, 0.15) is 18.1 Å². The first-order chi connectivity index (χ1) is 5.36. The normalized spacial score (nSPS) is 10.0. The van der Waals surface area contributed by atoms with Crippen LogP contribution in [0.2, 0.25) is 0 Å². The molecule has 2 N–H and O–H groups in total. The van der Waals surface area contributed by atoms with Gasteiger partial charge in [0, 0.05) is 0 Å². The largest absolute Gasteiger partial charge is 0.330 e. The molecule has 0 amide bonds. The molecule has 0 aliphatic carbocycles. The molecule has 0 aliphatic rings. The molecule has 1 aromatic carbocycles. The first-order valence-corrected chi connectivity index (χ1v) is 3.95. The summed E-state index contributed by atoms with van der Waals surface area (Å²) in [4.78, 5) is 0. The van der Waals surface area contributed by atoms with Gasteiger partial charge >= 0.3 is 0 Å². The average molecular weight is 148 g/mol. The van der Waals surface area contributed by atoms with Gasteiger partial charge in [0.1, 0.15) is 0 Å². The summed E-state index contributed by atoms with van der Waals surface area (Å²) in [6.45, 7) is 2.77. The van der Waals surface area contributed by atoms with Crippen molar-refractivity contribution in [3.8, 4) is 0 Å². The lowest BCUT2D eigenvalue weighted by Crippen LogP contribution is -2.02. The molecular weight excluding hydrogens is 134 g/mol. The Balaban J connectivity index is 2.66. The fourth-order valence-electron chi connectivity index (χ4n) is 1.04. The third kappa shape index (κ3) is 2.35. The summed E-state index contributed by atoms with van der Waals surface area (Å²) >= 11 is 0. The van der Waals surface area contributed by atoms with Gasteiger partial charge in [0.25, 0.3) is 0 Å². The third-order valence-electron chi connectivity index (χ3n) is 1.75. The van der Waals surface area contributed by atoms with Gasteiger partial charge in [0.2, 0.25) is 0 Å². The van der Waals surface area contributed by atoms with Crippen molar-refractivity contribution in [2.24, 2.45) is 5.73 Å². The molecule has 0 saturated carbocycles. The maximum atomic E-state index is 5.42. The molecule has 0 spiro atoms. The van der Waals surface area contributed by atoms with Crippen LogP contribution in [0.3, 0.4) is 0 Å². The number of hydrogen-bond donors (Lipinski definition) is 1. The topological polar surface area (TPSA) is 26.0 Å². The number of rotatable bonds is 3. The van der Waals surface area contributed by atoms with Crippen molar-refractivity contribution in [3.63, 3.8) is 0 Å². The molecular formula is C10H14N. The Morgan fingerprint density at radius 1 is 1.27 bits per heavy atom. The standard InChI is InChI=1S/C10H14N/c1-2-9-3-5-10(6-4-9)7-8-11/h2-6H,7-8,11H2,1H3. The molecule has 1 heteroatoms. The zero-order valence-corrected chi connectivity index (χ0v) is 6.88. The monoisotopic (exact) mass is 148 g/mol. The summed E-state index contributed by atoms with van der Waals surface area (Å²) in [5.74, 6) is 0. The summed E-state index contributed by atoms with van der Waals surface area (Å²) in [5.41, 5.74) is 8.01. The second kappa shape index (κ2) is 4.14. The summed E-state index contributed by atoms with van der Waals surface area (Å²) in [5, 5.41) is 0. The predicted octanol–water partition coefficient (Wildman–Crippen LogP) is 1.76. The third-order valence-corrected chi connectivity index (χ3v) is 1.75. The molecule has 0 saturated heterocycles. The smallest absolute Gasteiger partial charge is 0.00367 e. The molecule has 0 aliphatic heterocycles. The molecule has 0 unspecified atom stereocenters. The van der Waals surface area contributed by atoms with Crippen molar-refractivity contribution >= 4 is 0 Å². The van der Waals surface area contributed by atoms with E-state index in [0.29, 0.717) is 0 Å². The van der Waals surface area contributed by atoms with Gasteiger partial charge in [-0.15, -0.1) is 0 Å². The van der Waals surface area contributed by atoms with Gasteiger partial charge in [-0.25, -0.2) is 0 Å². The summed E-state index contributed by atoms with van der Waals surface area (Å²) in [6, 6.07) is 8.49. The summed E-state index contributed by atoms with van der Waals surface area (Å²) in [7, 11) is 0. The molecule has 59 valence electrons. The van der Waals surface area contributed by atoms with Gasteiger partial charge in [0.05, 0.1) is 0 Å². The van der Waals surface area contributed by atoms with E-state index in [4.69, 9.17) is 5.73 Å². The van der Waals surface area contributed by atoms with E-state index < -0.39 is 0 Å². The number of hydrogen-bond acceptors (Lipinski definition) is 1. The van der Waals surface area contributed by atoms with Gasteiger partial charge in [-0.2, -0.15) is 0 Å². The minimum atomic E-state index is 0.731. The molecule has 1 rings (SSSR count). The van der Waals surface area contributed by atoms with Crippen LogP contribution in [0, 0.1) is 6.42 Å². The SMILES string of the molecule is C[CH]c1ccc(CCN)cc1. The van der Waals surface area contributed by atoms with Crippen molar-refractivity contribution < 1.29 is 0 Å². The second-order valence-corrected chi connectivity index (χ2v) is 2.57. The fraction of sp³-hybridized carbons (Fsp3) is 0.300. The van der Waals surface area contributed by atoms with Crippen LogP contribution in [-0.2, 0) is 6.42 Å². The Labute approximate surface area is 68.2 Å². The van der Waals surface area contributed by atoms with Gasteiger partial charge in [0.15, 0.2) is 0 Å². The van der Waals surface area contributed by atoms with E-state index in [1.165, 1.54) is 11.1 Å². The fourth-order valence-corrected chi connectivity index (χ4v) is 1.04. The molecule has 1 radical (unpaired) electrons. The van der Waals surface area contributed by atoms with Crippen molar-refractivity contribution in [1.82, 2.24) is 0 Å². The minimum Gasteiger partial charge on any atom is -0.330 e.